The number of rotatable bonds is 5. The van der Waals surface area contributed by atoms with Crippen LogP contribution in [-0.2, 0) is 9.59 Å². The minimum Gasteiger partial charge on any atom is -0.481 e. The number of carbonyl (C=O) groups excluding carboxylic acids is 1. The summed E-state index contributed by atoms with van der Waals surface area (Å²) >= 11 is 0. The molecular weight excluding hydrogens is 232 g/mol. The zero-order valence-corrected chi connectivity index (χ0v) is 11.5. The summed E-state index contributed by atoms with van der Waals surface area (Å²) in [7, 11) is 0. The minimum atomic E-state index is -0.881. The summed E-state index contributed by atoms with van der Waals surface area (Å²) in [5.74, 6) is -0.644. The number of amides is 1. The molecule has 0 spiro atoms. The van der Waals surface area contributed by atoms with Crippen molar-refractivity contribution in [2.24, 2.45) is 11.3 Å². The summed E-state index contributed by atoms with van der Waals surface area (Å²) in [6.45, 7) is 6.57. The molecule has 1 rings (SSSR count). The lowest BCUT2D eigenvalue weighted by Gasteiger charge is -2.30. The smallest absolute Gasteiger partial charge is 0.311 e. The lowest BCUT2D eigenvalue weighted by Crippen LogP contribution is -2.53. The summed E-state index contributed by atoms with van der Waals surface area (Å²) < 4.78 is 0. The van der Waals surface area contributed by atoms with Gasteiger partial charge in [-0.2, -0.15) is 0 Å². The Morgan fingerprint density at radius 1 is 1.50 bits per heavy atom. The lowest BCUT2D eigenvalue weighted by molar-refractivity contribution is -0.148. The second kappa shape index (κ2) is 6.18. The van der Waals surface area contributed by atoms with E-state index in [9.17, 15) is 9.59 Å². The van der Waals surface area contributed by atoms with Crippen LogP contribution < -0.4 is 10.6 Å². The van der Waals surface area contributed by atoms with Crippen molar-refractivity contribution < 1.29 is 14.7 Å². The largest absolute Gasteiger partial charge is 0.481 e. The van der Waals surface area contributed by atoms with Crippen molar-refractivity contribution in [3.05, 3.63) is 0 Å². The van der Waals surface area contributed by atoms with Crippen LogP contribution in [0.3, 0.4) is 0 Å². The average Bonchev–Trinajstić information content (AvgIpc) is 2.35. The number of piperidine rings is 1. The maximum Gasteiger partial charge on any atom is 0.311 e. The molecule has 5 nitrogen and oxygen atoms in total. The summed E-state index contributed by atoms with van der Waals surface area (Å²) in [4.78, 5) is 23.2. The Hall–Kier alpha value is -1.10. The van der Waals surface area contributed by atoms with Crippen LogP contribution in [-0.4, -0.2) is 36.1 Å². The second-order valence-corrected chi connectivity index (χ2v) is 5.49. The van der Waals surface area contributed by atoms with Crippen LogP contribution in [0, 0.1) is 11.3 Å². The number of aliphatic carboxylic acids is 1. The average molecular weight is 256 g/mol. The van der Waals surface area contributed by atoms with Crippen molar-refractivity contribution >= 4 is 11.9 Å². The topological polar surface area (TPSA) is 78.4 Å². The van der Waals surface area contributed by atoms with Gasteiger partial charge in [-0.05, 0) is 38.6 Å². The molecule has 0 bridgehead atoms. The molecule has 0 radical (unpaired) electrons. The van der Waals surface area contributed by atoms with Gasteiger partial charge in [0.15, 0.2) is 0 Å². The number of hydrogen-bond donors (Lipinski definition) is 3. The van der Waals surface area contributed by atoms with Gasteiger partial charge in [0.1, 0.15) is 0 Å². The van der Waals surface area contributed by atoms with E-state index in [1.54, 1.807) is 6.92 Å². The Morgan fingerprint density at radius 3 is 2.67 bits per heavy atom. The quantitative estimate of drug-likeness (QED) is 0.685. The molecule has 1 saturated heterocycles. The molecular formula is C13H24N2O3. The Morgan fingerprint density at radius 2 is 2.17 bits per heavy atom. The molecule has 1 amide bonds. The van der Waals surface area contributed by atoms with Crippen LogP contribution in [0.25, 0.3) is 0 Å². The molecule has 18 heavy (non-hydrogen) atoms. The maximum absolute atomic E-state index is 12.0. The number of nitrogens with one attached hydrogen (secondary N) is 2. The molecule has 3 unspecified atom stereocenters. The first-order chi connectivity index (χ1) is 8.40. The van der Waals surface area contributed by atoms with E-state index in [-0.39, 0.29) is 18.5 Å². The first-order valence-electron chi connectivity index (χ1n) is 6.65. The number of carbonyl (C=O) groups is 2. The molecule has 5 heteroatoms. The highest BCUT2D eigenvalue weighted by Crippen LogP contribution is 2.21. The molecule has 3 N–H and O–H groups in total. The highest BCUT2D eigenvalue weighted by Gasteiger charge is 2.33. The molecule has 1 fully saturated rings. The molecule has 1 aliphatic heterocycles. The van der Waals surface area contributed by atoms with Gasteiger partial charge in [0.2, 0.25) is 5.91 Å². The Kier molecular flexibility index (Phi) is 5.14. The summed E-state index contributed by atoms with van der Waals surface area (Å²) in [5.41, 5.74) is -0.881. The minimum absolute atomic E-state index is 0.0804. The van der Waals surface area contributed by atoms with Gasteiger partial charge in [-0.1, -0.05) is 13.8 Å². The van der Waals surface area contributed by atoms with E-state index in [1.165, 1.54) is 0 Å². The van der Waals surface area contributed by atoms with E-state index >= 15 is 0 Å². The second-order valence-electron chi connectivity index (χ2n) is 5.49. The molecule has 1 aliphatic rings. The highest BCUT2D eigenvalue weighted by molar-refractivity contribution is 5.83. The zero-order valence-electron chi connectivity index (χ0n) is 11.5. The predicted octanol–water partition coefficient (Wildman–Crippen LogP) is 0.992. The zero-order chi connectivity index (χ0) is 13.8. The van der Waals surface area contributed by atoms with E-state index in [0.29, 0.717) is 12.3 Å². The molecule has 0 aromatic heterocycles. The maximum atomic E-state index is 12.0. The summed E-state index contributed by atoms with van der Waals surface area (Å²) in [5, 5.41) is 15.1. The van der Waals surface area contributed by atoms with E-state index in [1.807, 2.05) is 13.8 Å². The van der Waals surface area contributed by atoms with Crippen LogP contribution in [0.4, 0.5) is 0 Å². The van der Waals surface area contributed by atoms with Gasteiger partial charge in [0, 0.05) is 6.54 Å². The molecule has 0 aromatic carbocycles. The third-order valence-electron chi connectivity index (χ3n) is 4.00. The molecule has 0 saturated carbocycles. The van der Waals surface area contributed by atoms with Crippen LogP contribution in [0.5, 0.6) is 0 Å². The third-order valence-corrected chi connectivity index (χ3v) is 4.00. The normalized spacial score (nSPS) is 27.3. The molecule has 3 atom stereocenters. The first kappa shape index (κ1) is 15.0. The summed E-state index contributed by atoms with van der Waals surface area (Å²) in [6, 6.07) is -0.186. The van der Waals surface area contributed by atoms with Gasteiger partial charge in [-0.25, -0.2) is 0 Å². The van der Waals surface area contributed by atoms with Crippen molar-refractivity contribution in [3.8, 4) is 0 Å². The molecule has 104 valence electrons. The fourth-order valence-electron chi connectivity index (χ4n) is 2.14. The van der Waals surface area contributed by atoms with Crippen molar-refractivity contribution in [2.75, 3.05) is 13.1 Å². The van der Waals surface area contributed by atoms with E-state index in [4.69, 9.17) is 5.11 Å². The Bertz CT molecular complexity index is 319. The van der Waals surface area contributed by atoms with Gasteiger partial charge in [0.25, 0.3) is 0 Å². The molecule has 1 heterocycles. The Balaban J connectivity index is 2.52. The standard InChI is InChI=1S/C13H24N2O3/c1-4-13(3,12(17)18)8-15-11(16)10-9(2)6-5-7-14-10/h9-10,14H,4-8H2,1-3H3,(H,15,16)(H,17,18). The molecule has 0 aromatic rings. The SMILES string of the molecule is CCC(C)(CNC(=O)C1NCCCC1C)C(=O)O. The fraction of sp³-hybridized carbons (Fsp3) is 0.846. The predicted molar refractivity (Wildman–Crippen MR) is 69.2 cm³/mol. The fourth-order valence-corrected chi connectivity index (χ4v) is 2.14. The highest BCUT2D eigenvalue weighted by atomic mass is 16.4. The van der Waals surface area contributed by atoms with Gasteiger partial charge in [-0.3, -0.25) is 9.59 Å². The number of carboxylic acid groups (broad SMARTS) is 1. The monoisotopic (exact) mass is 256 g/mol. The van der Waals surface area contributed by atoms with Crippen LogP contribution in [0.15, 0.2) is 0 Å². The van der Waals surface area contributed by atoms with Gasteiger partial charge < -0.3 is 15.7 Å². The van der Waals surface area contributed by atoms with E-state index < -0.39 is 11.4 Å². The van der Waals surface area contributed by atoms with Gasteiger partial charge in [0.05, 0.1) is 11.5 Å². The lowest BCUT2D eigenvalue weighted by atomic mass is 9.87. The van der Waals surface area contributed by atoms with Gasteiger partial charge in [-0.15, -0.1) is 0 Å². The van der Waals surface area contributed by atoms with Crippen molar-refractivity contribution in [1.82, 2.24) is 10.6 Å². The molecule has 0 aliphatic carbocycles. The van der Waals surface area contributed by atoms with E-state index in [0.717, 1.165) is 19.4 Å². The van der Waals surface area contributed by atoms with Crippen LogP contribution >= 0.6 is 0 Å². The number of hydrogen-bond acceptors (Lipinski definition) is 3. The van der Waals surface area contributed by atoms with Crippen molar-refractivity contribution in [1.29, 1.82) is 0 Å². The third kappa shape index (κ3) is 3.45. The Labute approximate surface area is 108 Å². The van der Waals surface area contributed by atoms with Crippen LogP contribution in [0.1, 0.15) is 40.0 Å². The number of carboxylic acids is 1. The van der Waals surface area contributed by atoms with Crippen molar-refractivity contribution in [3.63, 3.8) is 0 Å². The first-order valence-corrected chi connectivity index (χ1v) is 6.65. The van der Waals surface area contributed by atoms with Crippen LogP contribution in [0.2, 0.25) is 0 Å². The summed E-state index contributed by atoms with van der Waals surface area (Å²) in [6.07, 6.45) is 2.62. The van der Waals surface area contributed by atoms with E-state index in [2.05, 4.69) is 10.6 Å². The van der Waals surface area contributed by atoms with Crippen molar-refractivity contribution in [2.45, 2.75) is 46.1 Å². The van der Waals surface area contributed by atoms with Gasteiger partial charge >= 0.3 is 5.97 Å².